The number of piperidine rings is 1. The Kier molecular flexibility index (Phi) is 3.73. The van der Waals surface area contributed by atoms with Crippen molar-refractivity contribution in [1.29, 1.82) is 5.26 Å². The number of hydrogen-bond donors (Lipinski definition) is 0. The number of nitriles is 1. The van der Waals surface area contributed by atoms with Crippen LogP contribution in [0.3, 0.4) is 0 Å². The number of rotatable bonds is 2. The third-order valence-corrected chi connectivity index (χ3v) is 4.83. The van der Waals surface area contributed by atoms with E-state index in [0.717, 1.165) is 24.4 Å². The highest BCUT2D eigenvalue weighted by atomic mass is 16.1. The molecule has 1 aliphatic heterocycles. The zero-order valence-corrected chi connectivity index (χ0v) is 11.7. The smallest absolute Gasteiger partial charge is 0.150 e. The van der Waals surface area contributed by atoms with Gasteiger partial charge in [-0.1, -0.05) is 12.8 Å². The van der Waals surface area contributed by atoms with Crippen LogP contribution in [0.2, 0.25) is 0 Å². The van der Waals surface area contributed by atoms with Gasteiger partial charge < -0.3 is 4.90 Å². The molecular formula is C17H20N2O. The van der Waals surface area contributed by atoms with Crippen LogP contribution in [0.15, 0.2) is 18.2 Å². The van der Waals surface area contributed by atoms with E-state index in [0.29, 0.717) is 17.2 Å². The molecule has 3 nitrogen and oxygen atoms in total. The summed E-state index contributed by atoms with van der Waals surface area (Å²) in [7, 11) is 0. The number of fused-ring (bicyclic) bond motifs is 1. The highest BCUT2D eigenvalue weighted by Crippen LogP contribution is 2.38. The van der Waals surface area contributed by atoms with Crippen LogP contribution in [-0.4, -0.2) is 18.9 Å². The van der Waals surface area contributed by atoms with Gasteiger partial charge in [0.1, 0.15) is 12.4 Å². The fourth-order valence-electron chi connectivity index (χ4n) is 3.89. The van der Waals surface area contributed by atoms with E-state index in [1.165, 1.54) is 38.5 Å². The molecule has 0 N–H and O–H groups in total. The van der Waals surface area contributed by atoms with Gasteiger partial charge in [0.25, 0.3) is 0 Å². The molecule has 3 rings (SSSR count). The molecule has 1 aromatic carbocycles. The average Bonchev–Trinajstić information content (AvgIpc) is 2.53. The SMILES string of the molecule is N#Cc1cc(C=O)ccc1N1CCC[C@H]2CCCC[C@H]21. The molecule has 2 fully saturated rings. The van der Waals surface area contributed by atoms with E-state index in [1.54, 1.807) is 6.07 Å². The molecule has 104 valence electrons. The normalized spacial score (nSPS) is 25.6. The number of carbonyl (C=O) groups is 1. The predicted octanol–water partition coefficient (Wildman–Crippen LogP) is 3.53. The van der Waals surface area contributed by atoms with Crippen molar-refractivity contribution < 1.29 is 4.79 Å². The number of nitrogens with zero attached hydrogens (tertiary/aromatic N) is 2. The van der Waals surface area contributed by atoms with Crippen LogP contribution in [0.25, 0.3) is 0 Å². The summed E-state index contributed by atoms with van der Waals surface area (Å²) in [5.41, 5.74) is 2.25. The molecule has 0 spiro atoms. The Bertz CT molecular complexity index is 544. The van der Waals surface area contributed by atoms with Crippen LogP contribution >= 0.6 is 0 Å². The lowest BCUT2D eigenvalue weighted by Crippen LogP contribution is -2.47. The Balaban J connectivity index is 1.95. The van der Waals surface area contributed by atoms with E-state index in [2.05, 4.69) is 11.0 Å². The molecule has 2 aliphatic rings. The van der Waals surface area contributed by atoms with Crippen LogP contribution in [0.4, 0.5) is 5.69 Å². The Hall–Kier alpha value is -1.82. The Labute approximate surface area is 120 Å². The third kappa shape index (κ3) is 2.31. The van der Waals surface area contributed by atoms with E-state index in [-0.39, 0.29) is 0 Å². The van der Waals surface area contributed by atoms with Gasteiger partial charge in [0.2, 0.25) is 0 Å². The topological polar surface area (TPSA) is 44.1 Å². The molecule has 0 bridgehead atoms. The lowest BCUT2D eigenvalue weighted by atomic mass is 9.78. The molecule has 0 radical (unpaired) electrons. The van der Waals surface area contributed by atoms with Crippen molar-refractivity contribution >= 4 is 12.0 Å². The van der Waals surface area contributed by atoms with E-state index in [9.17, 15) is 10.1 Å². The summed E-state index contributed by atoms with van der Waals surface area (Å²) in [6.45, 7) is 1.04. The van der Waals surface area contributed by atoms with Gasteiger partial charge in [0, 0.05) is 18.2 Å². The Morgan fingerprint density at radius 3 is 2.80 bits per heavy atom. The largest absolute Gasteiger partial charge is 0.367 e. The molecule has 1 aromatic rings. The van der Waals surface area contributed by atoms with Gasteiger partial charge in [0.05, 0.1) is 11.3 Å². The standard InChI is InChI=1S/C17H20N2O/c18-11-15-10-13(12-20)7-8-17(15)19-9-3-5-14-4-1-2-6-16(14)19/h7-8,10,12,14,16H,1-6,9H2/t14-,16-/m1/s1. The minimum Gasteiger partial charge on any atom is -0.367 e. The van der Waals surface area contributed by atoms with Crippen molar-refractivity contribution in [3.05, 3.63) is 29.3 Å². The van der Waals surface area contributed by atoms with Crippen molar-refractivity contribution in [1.82, 2.24) is 0 Å². The van der Waals surface area contributed by atoms with Crippen LogP contribution < -0.4 is 4.90 Å². The van der Waals surface area contributed by atoms with E-state index in [4.69, 9.17) is 0 Å². The second-order valence-corrected chi connectivity index (χ2v) is 5.95. The summed E-state index contributed by atoms with van der Waals surface area (Å²) in [6.07, 6.45) is 8.57. The van der Waals surface area contributed by atoms with Crippen LogP contribution in [0.1, 0.15) is 54.4 Å². The predicted molar refractivity (Wildman–Crippen MR) is 78.9 cm³/mol. The number of hydrogen-bond acceptors (Lipinski definition) is 3. The fraction of sp³-hybridized carbons (Fsp3) is 0.529. The van der Waals surface area contributed by atoms with Gasteiger partial charge in [-0.05, 0) is 49.8 Å². The summed E-state index contributed by atoms with van der Waals surface area (Å²) < 4.78 is 0. The molecular weight excluding hydrogens is 248 g/mol. The zero-order chi connectivity index (χ0) is 13.9. The monoisotopic (exact) mass is 268 g/mol. The second-order valence-electron chi connectivity index (χ2n) is 5.95. The number of aldehydes is 1. The first-order valence-electron chi connectivity index (χ1n) is 7.59. The van der Waals surface area contributed by atoms with Crippen LogP contribution in [0, 0.1) is 17.2 Å². The molecule has 0 unspecified atom stereocenters. The van der Waals surface area contributed by atoms with Gasteiger partial charge in [-0.3, -0.25) is 4.79 Å². The molecule has 1 saturated carbocycles. The Morgan fingerprint density at radius 1 is 1.20 bits per heavy atom. The van der Waals surface area contributed by atoms with Gasteiger partial charge >= 0.3 is 0 Å². The van der Waals surface area contributed by atoms with Gasteiger partial charge in [0.15, 0.2) is 0 Å². The van der Waals surface area contributed by atoms with Crippen molar-refractivity contribution in [3.63, 3.8) is 0 Å². The summed E-state index contributed by atoms with van der Waals surface area (Å²) in [5, 5.41) is 9.37. The Morgan fingerprint density at radius 2 is 2.00 bits per heavy atom. The molecule has 0 aromatic heterocycles. The maximum Gasteiger partial charge on any atom is 0.150 e. The van der Waals surface area contributed by atoms with Crippen molar-refractivity contribution in [2.24, 2.45) is 5.92 Å². The quantitative estimate of drug-likeness (QED) is 0.771. The summed E-state index contributed by atoms with van der Waals surface area (Å²) in [4.78, 5) is 13.3. The van der Waals surface area contributed by atoms with Crippen LogP contribution in [-0.2, 0) is 0 Å². The van der Waals surface area contributed by atoms with E-state index in [1.807, 2.05) is 12.1 Å². The first kappa shape index (κ1) is 13.2. The maximum absolute atomic E-state index is 10.9. The summed E-state index contributed by atoms with van der Waals surface area (Å²) in [5.74, 6) is 0.787. The minimum absolute atomic E-state index is 0.586. The maximum atomic E-state index is 10.9. The first-order chi connectivity index (χ1) is 9.83. The zero-order valence-electron chi connectivity index (χ0n) is 11.7. The number of carbonyl (C=O) groups excluding carboxylic acids is 1. The van der Waals surface area contributed by atoms with Gasteiger partial charge in [-0.2, -0.15) is 5.26 Å². The van der Waals surface area contributed by atoms with Gasteiger partial charge in [-0.15, -0.1) is 0 Å². The second kappa shape index (κ2) is 5.66. The van der Waals surface area contributed by atoms with Crippen molar-refractivity contribution in [2.45, 2.75) is 44.6 Å². The summed E-state index contributed by atoms with van der Waals surface area (Å²) in [6, 6.07) is 8.36. The molecule has 1 heterocycles. The lowest BCUT2D eigenvalue weighted by molar-refractivity contribution is 0.112. The lowest BCUT2D eigenvalue weighted by Gasteiger charge is -2.45. The first-order valence-corrected chi connectivity index (χ1v) is 7.59. The molecule has 2 atom stereocenters. The fourth-order valence-corrected chi connectivity index (χ4v) is 3.89. The molecule has 1 aliphatic carbocycles. The van der Waals surface area contributed by atoms with Crippen molar-refractivity contribution in [2.75, 3.05) is 11.4 Å². The van der Waals surface area contributed by atoms with Gasteiger partial charge in [-0.25, -0.2) is 0 Å². The van der Waals surface area contributed by atoms with E-state index < -0.39 is 0 Å². The van der Waals surface area contributed by atoms with Crippen LogP contribution in [0.5, 0.6) is 0 Å². The van der Waals surface area contributed by atoms with Crippen molar-refractivity contribution in [3.8, 4) is 6.07 Å². The molecule has 1 saturated heterocycles. The number of anilines is 1. The average molecular weight is 268 g/mol. The highest BCUT2D eigenvalue weighted by Gasteiger charge is 2.34. The highest BCUT2D eigenvalue weighted by molar-refractivity contribution is 5.78. The molecule has 0 amide bonds. The molecule has 3 heteroatoms. The minimum atomic E-state index is 0.586. The number of benzene rings is 1. The summed E-state index contributed by atoms with van der Waals surface area (Å²) >= 11 is 0. The molecule has 20 heavy (non-hydrogen) atoms. The third-order valence-electron chi connectivity index (χ3n) is 4.83. The van der Waals surface area contributed by atoms with E-state index >= 15 is 0 Å².